The number of methoxy groups -OCH3 is 1. The van der Waals surface area contributed by atoms with E-state index in [1.165, 1.54) is 7.11 Å². The zero-order valence-electron chi connectivity index (χ0n) is 9.13. The second kappa shape index (κ2) is 6.62. The van der Waals surface area contributed by atoms with E-state index < -0.39 is 12.0 Å². The van der Waals surface area contributed by atoms with E-state index >= 15 is 0 Å². The number of anilines is 1. The van der Waals surface area contributed by atoms with Crippen molar-refractivity contribution in [3.05, 3.63) is 39.7 Å². The minimum absolute atomic E-state index is 0.0472. The fourth-order valence-electron chi connectivity index (χ4n) is 1.21. The van der Waals surface area contributed by atoms with Crippen molar-refractivity contribution >= 4 is 23.3 Å². The monoisotopic (exact) mass is 254 g/mol. The maximum atomic E-state index is 11.4. The first-order valence-electron chi connectivity index (χ1n) is 4.78. The topological polar surface area (TPSA) is 87.1 Å². The van der Waals surface area contributed by atoms with Gasteiger partial charge in [0.05, 0.1) is 24.4 Å². The third-order valence-corrected chi connectivity index (χ3v) is 2.35. The number of azide groups is 1. The molecule has 0 fully saturated rings. The summed E-state index contributed by atoms with van der Waals surface area (Å²) in [6.45, 7) is -0.0472. The molecule has 1 N–H and O–H groups in total. The van der Waals surface area contributed by atoms with Crippen molar-refractivity contribution < 1.29 is 9.53 Å². The van der Waals surface area contributed by atoms with Crippen molar-refractivity contribution in [3.63, 3.8) is 0 Å². The van der Waals surface area contributed by atoms with Gasteiger partial charge in [0.1, 0.15) is 6.04 Å². The number of esters is 1. The number of nitrogens with zero attached hydrogens (tertiary/aromatic N) is 3. The van der Waals surface area contributed by atoms with Crippen LogP contribution in [0.1, 0.15) is 0 Å². The number of carbonyl (C=O) groups excluding carboxylic acids is 1. The highest BCUT2D eigenvalue weighted by atomic mass is 35.5. The predicted molar refractivity (Wildman–Crippen MR) is 64.9 cm³/mol. The molecule has 7 heteroatoms. The average Bonchev–Trinajstić information content (AvgIpc) is 2.35. The summed E-state index contributed by atoms with van der Waals surface area (Å²) >= 11 is 5.93. The highest BCUT2D eigenvalue weighted by Crippen LogP contribution is 2.21. The number of rotatable bonds is 5. The molecule has 0 spiro atoms. The van der Waals surface area contributed by atoms with E-state index in [0.29, 0.717) is 10.7 Å². The van der Waals surface area contributed by atoms with Crippen molar-refractivity contribution in [3.8, 4) is 0 Å². The minimum atomic E-state index is -0.754. The fraction of sp³-hybridized carbons (Fsp3) is 0.300. The maximum absolute atomic E-state index is 11.4. The Kier molecular flexibility index (Phi) is 5.13. The number of nitrogens with one attached hydrogen (secondary N) is 1. The molecule has 1 aromatic carbocycles. The van der Waals surface area contributed by atoms with Gasteiger partial charge in [-0.3, -0.25) is 0 Å². The molecular formula is C10H11ClN4O2. The molecule has 1 atom stereocenters. The Morgan fingerprint density at radius 1 is 1.65 bits per heavy atom. The molecule has 6 nitrogen and oxygen atoms in total. The van der Waals surface area contributed by atoms with Crippen LogP contribution in [0.3, 0.4) is 0 Å². The number of halogens is 1. The number of hydrogen-bond donors (Lipinski definition) is 1. The standard InChI is InChI=1S/C10H11ClN4O2/c1-17-10(16)9(6-13-15-12)14-8-5-3-2-4-7(8)11/h2-5,9,14H,6H2,1H3. The summed E-state index contributed by atoms with van der Waals surface area (Å²) in [6.07, 6.45) is 0. The second-order valence-electron chi connectivity index (χ2n) is 3.11. The first kappa shape index (κ1) is 13.2. The number of carbonyl (C=O) groups is 1. The van der Waals surface area contributed by atoms with Gasteiger partial charge in [-0.25, -0.2) is 4.79 Å². The molecule has 0 aromatic heterocycles. The molecular weight excluding hydrogens is 244 g/mol. The second-order valence-corrected chi connectivity index (χ2v) is 3.52. The number of hydrogen-bond acceptors (Lipinski definition) is 4. The van der Waals surface area contributed by atoms with E-state index in [0.717, 1.165) is 0 Å². The Morgan fingerprint density at radius 2 is 2.35 bits per heavy atom. The summed E-state index contributed by atoms with van der Waals surface area (Å²) < 4.78 is 4.59. The number of benzene rings is 1. The van der Waals surface area contributed by atoms with Crippen molar-refractivity contribution in [1.82, 2.24) is 0 Å². The van der Waals surface area contributed by atoms with Gasteiger partial charge in [0, 0.05) is 4.91 Å². The van der Waals surface area contributed by atoms with Crippen LogP contribution in [0.5, 0.6) is 0 Å². The first-order valence-corrected chi connectivity index (χ1v) is 5.16. The third kappa shape index (κ3) is 3.86. The number of para-hydroxylation sites is 1. The highest BCUT2D eigenvalue weighted by Gasteiger charge is 2.18. The van der Waals surface area contributed by atoms with Crippen molar-refractivity contribution in [2.45, 2.75) is 6.04 Å². The third-order valence-electron chi connectivity index (χ3n) is 2.02. The van der Waals surface area contributed by atoms with E-state index in [1.54, 1.807) is 24.3 Å². The molecule has 0 heterocycles. The minimum Gasteiger partial charge on any atom is -0.467 e. The molecule has 0 aliphatic carbocycles. The van der Waals surface area contributed by atoms with Crippen LogP contribution in [0.15, 0.2) is 29.4 Å². The van der Waals surface area contributed by atoms with Crippen LogP contribution in [0, 0.1) is 0 Å². The summed E-state index contributed by atoms with van der Waals surface area (Å²) in [6, 6.07) is 6.19. The van der Waals surface area contributed by atoms with Crippen LogP contribution in [0.2, 0.25) is 5.02 Å². The molecule has 0 aliphatic heterocycles. The summed E-state index contributed by atoms with van der Waals surface area (Å²) in [5, 5.41) is 6.68. The molecule has 0 saturated carbocycles. The first-order chi connectivity index (χ1) is 8.19. The van der Waals surface area contributed by atoms with Gasteiger partial charge < -0.3 is 10.1 Å². The van der Waals surface area contributed by atoms with Gasteiger partial charge in [-0.1, -0.05) is 28.8 Å². The van der Waals surface area contributed by atoms with Crippen molar-refractivity contribution in [2.75, 3.05) is 19.0 Å². The van der Waals surface area contributed by atoms with Crippen molar-refractivity contribution in [1.29, 1.82) is 0 Å². The average molecular weight is 255 g/mol. The van der Waals surface area contributed by atoms with E-state index in [4.69, 9.17) is 17.1 Å². The SMILES string of the molecule is COC(=O)C(CN=[N+]=[N-])Nc1ccccc1Cl. The Hall–Kier alpha value is -1.91. The smallest absolute Gasteiger partial charge is 0.328 e. The van der Waals surface area contributed by atoms with Gasteiger partial charge in [-0.15, -0.1) is 0 Å². The van der Waals surface area contributed by atoms with Gasteiger partial charge in [0.15, 0.2) is 0 Å². The zero-order valence-corrected chi connectivity index (χ0v) is 9.89. The molecule has 0 saturated heterocycles. The van der Waals surface area contributed by atoms with Crippen LogP contribution >= 0.6 is 11.6 Å². The van der Waals surface area contributed by atoms with E-state index in [1.807, 2.05) is 0 Å². The lowest BCUT2D eigenvalue weighted by atomic mass is 10.2. The summed E-state index contributed by atoms with van der Waals surface area (Å²) in [4.78, 5) is 14.0. The lowest BCUT2D eigenvalue weighted by Crippen LogP contribution is -2.33. The summed E-state index contributed by atoms with van der Waals surface area (Å²) in [5.74, 6) is -0.516. The molecule has 90 valence electrons. The molecule has 1 rings (SSSR count). The lowest BCUT2D eigenvalue weighted by Gasteiger charge is -2.16. The van der Waals surface area contributed by atoms with E-state index in [9.17, 15) is 4.79 Å². The van der Waals surface area contributed by atoms with E-state index in [2.05, 4.69) is 20.1 Å². The normalized spacial score (nSPS) is 11.2. The Balaban J connectivity index is 2.82. The summed E-state index contributed by atoms with van der Waals surface area (Å²) in [7, 11) is 1.26. The zero-order chi connectivity index (χ0) is 12.7. The van der Waals surface area contributed by atoms with E-state index in [-0.39, 0.29) is 6.54 Å². The maximum Gasteiger partial charge on any atom is 0.328 e. The highest BCUT2D eigenvalue weighted by molar-refractivity contribution is 6.33. The predicted octanol–water partition coefficient (Wildman–Crippen LogP) is 2.60. The molecule has 0 bridgehead atoms. The molecule has 1 unspecified atom stereocenters. The molecule has 0 amide bonds. The van der Waals surface area contributed by atoms with Crippen LogP contribution in [-0.2, 0) is 9.53 Å². The Bertz CT molecular complexity index is 446. The quantitative estimate of drug-likeness (QED) is 0.379. The van der Waals surface area contributed by atoms with Gasteiger partial charge in [0.25, 0.3) is 0 Å². The van der Waals surface area contributed by atoms with Gasteiger partial charge in [-0.2, -0.15) is 0 Å². The molecule has 17 heavy (non-hydrogen) atoms. The van der Waals surface area contributed by atoms with Crippen LogP contribution in [-0.4, -0.2) is 25.7 Å². The van der Waals surface area contributed by atoms with Gasteiger partial charge in [-0.05, 0) is 17.7 Å². The largest absolute Gasteiger partial charge is 0.467 e. The van der Waals surface area contributed by atoms with Gasteiger partial charge >= 0.3 is 5.97 Å². The van der Waals surface area contributed by atoms with Crippen LogP contribution < -0.4 is 5.32 Å². The lowest BCUT2D eigenvalue weighted by molar-refractivity contribution is -0.141. The Labute approximate surface area is 103 Å². The Morgan fingerprint density at radius 3 is 2.94 bits per heavy atom. The molecule has 1 aromatic rings. The fourth-order valence-corrected chi connectivity index (χ4v) is 1.40. The van der Waals surface area contributed by atoms with Crippen LogP contribution in [0.4, 0.5) is 5.69 Å². The summed E-state index contributed by atoms with van der Waals surface area (Å²) in [5.41, 5.74) is 8.82. The molecule has 0 radical (unpaired) electrons. The van der Waals surface area contributed by atoms with Crippen molar-refractivity contribution in [2.24, 2.45) is 5.11 Å². The van der Waals surface area contributed by atoms with Gasteiger partial charge in [0.2, 0.25) is 0 Å². The van der Waals surface area contributed by atoms with Crippen LogP contribution in [0.25, 0.3) is 10.4 Å². The number of ether oxygens (including phenoxy) is 1. The molecule has 0 aliphatic rings.